The maximum absolute atomic E-state index is 4.97. The summed E-state index contributed by atoms with van der Waals surface area (Å²) in [5.41, 5.74) is 0. The molecule has 0 aliphatic carbocycles. The summed E-state index contributed by atoms with van der Waals surface area (Å²) in [6.45, 7) is 0. The lowest BCUT2D eigenvalue weighted by Crippen LogP contribution is -1.86. The van der Waals surface area contributed by atoms with Crippen LogP contribution in [0.5, 0.6) is 5.75 Å². The van der Waals surface area contributed by atoms with Gasteiger partial charge in [0, 0.05) is 6.20 Å². The number of nitrogens with zero attached hydrogens (tertiary/aromatic N) is 1. The van der Waals surface area contributed by atoms with Gasteiger partial charge in [0.25, 0.3) is 0 Å². The summed E-state index contributed by atoms with van der Waals surface area (Å²) < 4.78 is 6.06. The molecule has 0 saturated carbocycles. The lowest BCUT2D eigenvalue weighted by molar-refractivity contribution is 0.410. The molecule has 0 spiro atoms. The van der Waals surface area contributed by atoms with Gasteiger partial charge >= 0.3 is 0 Å². The zero-order chi connectivity index (χ0) is 6.69. The van der Waals surface area contributed by atoms with Crippen LogP contribution in [0.2, 0.25) is 0 Å². The van der Waals surface area contributed by atoms with Gasteiger partial charge in [0.15, 0.2) is 0 Å². The van der Waals surface area contributed by atoms with Gasteiger partial charge in [0.05, 0.1) is 16.9 Å². The van der Waals surface area contributed by atoms with Crippen LogP contribution in [0.15, 0.2) is 18.5 Å². The number of hydrogen-bond acceptors (Lipinski definition) is 2. The van der Waals surface area contributed by atoms with Crippen LogP contribution in [0.25, 0.3) is 0 Å². The molecule has 2 nitrogen and oxygen atoms in total. The molecule has 10 heavy (non-hydrogen) atoms. The maximum Gasteiger partial charge on any atom is 0.150 e. The first kappa shape index (κ1) is 9.97. The summed E-state index contributed by atoms with van der Waals surface area (Å²) in [4.78, 5) is 3.89. The second kappa shape index (κ2) is 4.73. The second-order valence-corrected chi connectivity index (χ2v) is 2.67. The van der Waals surface area contributed by atoms with E-state index in [1.54, 1.807) is 19.5 Å². The van der Waals surface area contributed by atoms with Crippen molar-refractivity contribution in [3.8, 4) is 5.75 Å². The molecule has 56 valence electrons. The van der Waals surface area contributed by atoms with Crippen molar-refractivity contribution in [1.29, 1.82) is 0 Å². The van der Waals surface area contributed by atoms with Gasteiger partial charge in [-0.05, 0) is 28.7 Å². The van der Waals surface area contributed by atoms with Crippen molar-refractivity contribution in [3.05, 3.63) is 22.0 Å². The van der Waals surface area contributed by atoms with Gasteiger partial charge in [-0.25, -0.2) is 0 Å². The predicted molar refractivity (Wildman–Crippen MR) is 50.8 cm³/mol. The van der Waals surface area contributed by atoms with E-state index < -0.39 is 0 Å². The second-order valence-electron chi connectivity index (χ2n) is 1.51. The average molecular weight is 271 g/mol. The number of pyridine rings is 1. The standard InChI is InChI=1S/C6H6INO.ClH/c1-9-6-4-8-3-2-5(6)7;/h2-4H,1H3;1H. The molecule has 0 saturated heterocycles. The molecule has 4 heteroatoms. The SMILES string of the molecule is COc1cnccc1I.Cl. The van der Waals surface area contributed by atoms with Crippen LogP contribution in [0.3, 0.4) is 0 Å². The normalized spacial score (nSPS) is 8.20. The number of methoxy groups -OCH3 is 1. The minimum Gasteiger partial charge on any atom is -0.494 e. The van der Waals surface area contributed by atoms with Gasteiger partial charge in [-0.3, -0.25) is 4.98 Å². The van der Waals surface area contributed by atoms with E-state index in [0.29, 0.717) is 0 Å². The van der Waals surface area contributed by atoms with E-state index in [1.807, 2.05) is 6.07 Å². The molecule has 0 fully saturated rings. The third kappa shape index (κ3) is 2.30. The van der Waals surface area contributed by atoms with E-state index in [-0.39, 0.29) is 12.4 Å². The van der Waals surface area contributed by atoms with E-state index in [9.17, 15) is 0 Å². The fourth-order valence-corrected chi connectivity index (χ4v) is 1.03. The summed E-state index contributed by atoms with van der Waals surface area (Å²) in [5, 5.41) is 0. The Morgan fingerprint density at radius 1 is 1.60 bits per heavy atom. The lowest BCUT2D eigenvalue weighted by Gasteiger charge is -1.98. The van der Waals surface area contributed by atoms with E-state index in [4.69, 9.17) is 4.74 Å². The largest absolute Gasteiger partial charge is 0.494 e. The Hall–Kier alpha value is -0.0300. The van der Waals surface area contributed by atoms with Gasteiger partial charge in [-0.1, -0.05) is 0 Å². The molecule has 1 aromatic rings. The zero-order valence-electron chi connectivity index (χ0n) is 5.37. The van der Waals surface area contributed by atoms with Gasteiger partial charge < -0.3 is 4.74 Å². The highest BCUT2D eigenvalue weighted by Crippen LogP contribution is 2.16. The molecule has 0 N–H and O–H groups in total. The van der Waals surface area contributed by atoms with Crippen LogP contribution < -0.4 is 4.74 Å². The summed E-state index contributed by atoms with van der Waals surface area (Å²) >= 11 is 2.20. The topological polar surface area (TPSA) is 22.1 Å². The smallest absolute Gasteiger partial charge is 0.150 e. The molecule has 0 bridgehead atoms. The van der Waals surface area contributed by atoms with Crippen molar-refractivity contribution in [3.63, 3.8) is 0 Å². The third-order valence-corrected chi connectivity index (χ3v) is 1.85. The molecule has 1 aromatic heterocycles. The number of ether oxygens (including phenoxy) is 1. The third-order valence-electron chi connectivity index (χ3n) is 0.954. The molecule has 1 rings (SSSR count). The Morgan fingerprint density at radius 3 is 2.70 bits per heavy atom. The Bertz CT molecular complexity index is 207. The Morgan fingerprint density at radius 2 is 2.30 bits per heavy atom. The quantitative estimate of drug-likeness (QED) is 0.730. The van der Waals surface area contributed by atoms with Gasteiger partial charge in [-0.2, -0.15) is 0 Å². The Balaban J connectivity index is 0.000000810. The van der Waals surface area contributed by atoms with Crippen LogP contribution in [0, 0.1) is 3.57 Å². The molecule has 0 unspecified atom stereocenters. The van der Waals surface area contributed by atoms with Crippen molar-refractivity contribution in [2.45, 2.75) is 0 Å². The van der Waals surface area contributed by atoms with Crippen LogP contribution in [-0.4, -0.2) is 12.1 Å². The van der Waals surface area contributed by atoms with Crippen LogP contribution in [0.4, 0.5) is 0 Å². The first-order valence-electron chi connectivity index (χ1n) is 2.48. The highest BCUT2D eigenvalue weighted by Gasteiger charge is 1.94. The summed E-state index contributed by atoms with van der Waals surface area (Å²) in [5.74, 6) is 0.832. The number of halogens is 2. The summed E-state index contributed by atoms with van der Waals surface area (Å²) in [7, 11) is 1.64. The number of hydrogen-bond donors (Lipinski definition) is 0. The van der Waals surface area contributed by atoms with E-state index >= 15 is 0 Å². The monoisotopic (exact) mass is 271 g/mol. The number of rotatable bonds is 1. The van der Waals surface area contributed by atoms with Gasteiger partial charge in [0.1, 0.15) is 5.75 Å². The molecule has 0 amide bonds. The van der Waals surface area contributed by atoms with Crippen LogP contribution in [-0.2, 0) is 0 Å². The highest BCUT2D eigenvalue weighted by molar-refractivity contribution is 14.1. The van der Waals surface area contributed by atoms with E-state index in [2.05, 4.69) is 27.6 Å². The fourth-order valence-electron chi connectivity index (χ4n) is 0.513. The van der Waals surface area contributed by atoms with Gasteiger partial charge in [0.2, 0.25) is 0 Å². The van der Waals surface area contributed by atoms with E-state index in [0.717, 1.165) is 9.32 Å². The molecule has 0 atom stereocenters. The Kier molecular flexibility index (Phi) is 4.72. The Labute approximate surface area is 79.5 Å². The van der Waals surface area contributed by atoms with Gasteiger partial charge in [-0.15, -0.1) is 12.4 Å². The minimum atomic E-state index is 0. The average Bonchev–Trinajstić information content (AvgIpc) is 1.89. The molecule has 1 heterocycles. The summed E-state index contributed by atoms with van der Waals surface area (Å²) in [6.07, 6.45) is 3.44. The molecule has 0 aliphatic rings. The first-order chi connectivity index (χ1) is 4.34. The molecule has 0 aromatic carbocycles. The number of aromatic nitrogens is 1. The highest BCUT2D eigenvalue weighted by atomic mass is 127. The van der Waals surface area contributed by atoms with Crippen LogP contribution in [0.1, 0.15) is 0 Å². The van der Waals surface area contributed by atoms with Crippen molar-refractivity contribution >= 4 is 35.0 Å². The van der Waals surface area contributed by atoms with E-state index in [1.165, 1.54) is 0 Å². The zero-order valence-corrected chi connectivity index (χ0v) is 8.35. The predicted octanol–water partition coefficient (Wildman–Crippen LogP) is 2.12. The minimum absolute atomic E-state index is 0. The molecular weight excluding hydrogens is 264 g/mol. The van der Waals surface area contributed by atoms with Crippen molar-refractivity contribution in [1.82, 2.24) is 4.98 Å². The molecule has 0 aliphatic heterocycles. The van der Waals surface area contributed by atoms with Crippen molar-refractivity contribution < 1.29 is 4.74 Å². The molecular formula is C6H7ClINO. The molecule has 0 radical (unpaired) electrons. The first-order valence-corrected chi connectivity index (χ1v) is 3.56. The fraction of sp³-hybridized carbons (Fsp3) is 0.167. The van der Waals surface area contributed by atoms with Crippen molar-refractivity contribution in [2.75, 3.05) is 7.11 Å². The maximum atomic E-state index is 4.97. The lowest BCUT2D eigenvalue weighted by atomic mass is 10.5. The van der Waals surface area contributed by atoms with Crippen LogP contribution >= 0.6 is 35.0 Å². The summed E-state index contributed by atoms with van der Waals surface area (Å²) in [6, 6.07) is 1.90. The van der Waals surface area contributed by atoms with Crippen molar-refractivity contribution in [2.24, 2.45) is 0 Å².